The van der Waals surface area contributed by atoms with Gasteiger partial charge in [0, 0.05) is 31.7 Å². The van der Waals surface area contributed by atoms with E-state index in [1.54, 1.807) is 0 Å². The van der Waals surface area contributed by atoms with Crippen molar-refractivity contribution in [3.63, 3.8) is 0 Å². The van der Waals surface area contributed by atoms with Gasteiger partial charge in [-0.25, -0.2) is 0 Å². The van der Waals surface area contributed by atoms with Gasteiger partial charge in [0.05, 0.1) is 6.61 Å². The minimum atomic E-state index is 0.149. The van der Waals surface area contributed by atoms with Crippen LogP contribution in [0.2, 0.25) is 0 Å². The van der Waals surface area contributed by atoms with Gasteiger partial charge in [0.2, 0.25) is 0 Å². The lowest BCUT2D eigenvalue weighted by Crippen LogP contribution is -2.35. The first-order valence-corrected chi connectivity index (χ1v) is 8.50. The first-order chi connectivity index (χ1) is 10.8. The molecule has 0 N–H and O–H groups in total. The Kier molecular flexibility index (Phi) is 4.98. The summed E-state index contributed by atoms with van der Waals surface area (Å²) < 4.78 is 5.43. The van der Waals surface area contributed by atoms with Crippen LogP contribution in [0.1, 0.15) is 36.5 Å². The van der Waals surface area contributed by atoms with Crippen molar-refractivity contribution in [1.82, 2.24) is 9.80 Å². The van der Waals surface area contributed by atoms with E-state index in [9.17, 15) is 4.79 Å². The Morgan fingerprint density at radius 2 is 1.91 bits per heavy atom. The molecule has 0 aromatic heterocycles. The molecule has 3 rings (SSSR count). The molecule has 1 amide bonds. The van der Waals surface area contributed by atoms with Gasteiger partial charge in [0.15, 0.2) is 0 Å². The van der Waals surface area contributed by atoms with Crippen molar-refractivity contribution in [2.45, 2.75) is 26.2 Å². The topological polar surface area (TPSA) is 32.8 Å². The lowest BCUT2D eigenvalue weighted by Gasteiger charge is -2.22. The average molecular weight is 302 g/mol. The number of amides is 1. The van der Waals surface area contributed by atoms with Gasteiger partial charge in [-0.3, -0.25) is 4.79 Å². The molecular weight excluding hydrogens is 276 g/mol. The number of carbonyl (C=O) groups is 1. The summed E-state index contributed by atoms with van der Waals surface area (Å²) in [6, 6.07) is 7.52. The molecule has 1 aliphatic carbocycles. The number of benzene rings is 1. The molecule has 1 heterocycles. The molecule has 0 unspecified atom stereocenters. The van der Waals surface area contributed by atoms with Crippen LogP contribution >= 0.6 is 0 Å². The summed E-state index contributed by atoms with van der Waals surface area (Å²) in [5, 5.41) is 0. The molecule has 1 aliphatic heterocycles. The van der Waals surface area contributed by atoms with E-state index in [1.165, 1.54) is 19.4 Å². The largest absolute Gasteiger partial charge is 0.494 e. The Morgan fingerprint density at radius 3 is 2.59 bits per heavy atom. The number of hydrogen-bond acceptors (Lipinski definition) is 3. The minimum absolute atomic E-state index is 0.149. The molecule has 4 nitrogen and oxygen atoms in total. The van der Waals surface area contributed by atoms with E-state index in [4.69, 9.17) is 4.74 Å². The summed E-state index contributed by atoms with van der Waals surface area (Å²) in [5.41, 5.74) is 0.763. The fourth-order valence-electron chi connectivity index (χ4n) is 3.07. The van der Waals surface area contributed by atoms with Crippen LogP contribution in [0.4, 0.5) is 0 Å². The molecule has 0 radical (unpaired) electrons. The Balaban J connectivity index is 1.56. The van der Waals surface area contributed by atoms with Crippen LogP contribution in [0.3, 0.4) is 0 Å². The molecule has 2 fully saturated rings. The van der Waals surface area contributed by atoms with E-state index >= 15 is 0 Å². The van der Waals surface area contributed by atoms with Crippen molar-refractivity contribution in [3.05, 3.63) is 29.8 Å². The Labute approximate surface area is 133 Å². The fourth-order valence-corrected chi connectivity index (χ4v) is 3.07. The first-order valence-electron chi connectivity index (χ1n) is 8.50. The van der Waals surface area contributed by atoms with Gasteiger partial charge in [0.25, 0.3) is 5.91 Å². The highest BCUT2D eigenvalue weighted by molar-refractivity contribution is 5.94. The Morgan fingerprint density at radius 1 is 1.14 bits per heavy atom. The predicted octanol–water partition coefficient (Wildman–Crippen LogP) is 2.64. The van der Waals surface area contributed by atoms with E-state index in [-0.39, 0.29) is 5.91 Å². The average Bonchev–Trinajstić information content (AvgIpc) is 3.36. The summed E-state index contributed by atoms with van der Waals surface area (Å²) in [7, 11) is 0. The van der Waals surface area contributed by atoms with Gasteiger partial charge in [-0.1, -0.05) is 0 Å². The third-order valence-electron chi connectivity index (χ3n) is 4.50. The van der Waals surface area contributed by atoms with Gasteiger partial charge in [0.1, 0.15) is 5.75 Å². The van der Waals surface area contributed by atoms with Crippen molar-refractivity contribution in [2.24, 2.45) is 5.92 Å². The minimum Gasteiger partial charge on any atom is -0.494 e. The van der Waals surface area contributed by atoms with E-state index < -0.39 is 0 Å². The highest BCUT2D eigenvalue weighted by atomic mass is 16.5. The zero-order valence-electron chi connectivity index (χ0n) is 13.5. The number of ether oxygens (including phenoxy) is 1. The van der Waals surface area contributed by atoms with Crippen LogP contribution in [-0.2, 0) is 0 Å². The van der Waals surface area contributed by atoms with E-state index in [2.05, 4.69) is 4.90 Å². The third-order valence-corrected chi connectivity index (χ3v) is 4.50. The zero-order valence-corrected chi connectivity index (χ0v) is 13.5. The summed E-state index contributed by atoms with van der Waals surface area (Å²) in [6.45, 7) is 7.69. The Bertz CT molecular complexity index is 496. The highest BCUT2D eigenvalue weighted by Crippen LogP contribution is 2.30. The maximum Gasteiger partial charge on any atom is 0.253 e. The van der Waals surface area contributed by atoms with Crippen LogP contribution in [0, 0.1) is 5.92 Å². The molecule has 1 aromatic carbocycles. The van der Waals surface area contributed by atoms with Gasteiger partial charge >= 0.3 is 0 Å². The number of nitrogens with zero attached hydrogens (tertiary/aromatic N) is 2. The van der Waals surface area contributed by atoms with Crippen LogP contribution in [0.25, 0.3) is 0 Å². The van der Waals surface area contributed by atoms with Crippen molar-refractivity contribution in [2.75, 3.05) is 39.3 Å². The molecule has 120 valence electrons. The second kappa shape index (κ2) is 7.14. The molecule has 4 heteroatoms. The van der Waals surface area contributed by atoms with Gasteiger partial charge in [-0.2, -0.15) is 0 Å². The molecule has 2 aliphatic rings. The van der Waals surface area contributed by atoms with Gasteiger partial charge < -0.3 is 14.5 Å². The van der Waals surface area contributed by atoms with Crippen LogP contribution < -0.4 is 4.74 Å². The molecule has 0 atom stereocenters. The van der Waals surface area contributed by atoms with E-state index in [1.807, 2.05) is 36.1 Å². The summed E-state index contributed by atoms with van der Waals surface area (Å²) >= 11 is 0. The quantitative estimate of drug-likeness (QED) is 0.838. The first kappa shape index (κ1) is 15.3. The lowest BCUT2D eigenvalue weighted by molar-refractivity contribution is 0.0761. The standard InChI is InChI=1S/C18H26N2O2/c1-2-22-17-8-6-16(7-9-17)18(21)20-11-3-10-19(12-13-20)14-15-4-5-15/h6-9,15H,2-5,10-14H2,1H3. The van der Waals surface area contributed by atoms with Crippen LogP contribution in [0.15, 0.2) is 24.3 Å². The molecule has 22 heavy (non-hydrogen) atoms. The van der Waals surface area contributed by atoms with Crippen molar-refractivity contribution >= 4 is 5.91 Å². The monoisotopic (exact) mass is 302 g/mol. The van der Waals surface area contributed by atoms with Crippen molar-refractivity contribution in [3.8, 4) is 5.75 Å². The second-order valence-corrected chi connectivity index (χ2v) is 6.35. The van der Waals surface area contributed by atoms with Crippen molar-refractivity contribution in [1.29, 1.82) is 0 Å². The van der Waals surface area contributed by atoms with Crippen LogP contribution in [0.5, 0.6) is 5.75 Å². The van der Waals surface area contributed by atoms with Gasteiger partial charge in [-0.15, -0.1) is 0 Å². The highest BCUT2D eigenvalue weighted by Gasteiger charge is 2.26. The molecule has 1 aromatic rings. The summed E-state index contributed by atoms with van der Waals surface area (Å²) in [4.78, 5) is 17.2. The van der Waals surface area contributed by atoms with Gasteiger partial charge in [-0.05, 0) is 62.9 Å². The van der Waals surface area contributed by atoms with Crippen LogP contribution in [-0.4, -0.2) is 55.0 Å². The number of hydrogen-bond donors (Lipinski definition) is 0. The molecule has 0 spiro atoms. The predicted molar refractivity (Wildman–Crippen MR) is 87.3 cm³/mol. The Hall–Kier alpha value is -1.55. The van der Waals surface area contributed by atoms with Crippen molar-refractivity contribution < 1.29 is 9.53 Å². The zero-order chi connectivity index (χ0) is 15.4. The lowest BCUT2D eigenvalue weighted by atomic mass is 10.2. The normalized spacial score (nSPS) is 19.8. The SMILES string of the molecule is CCOc1ccc(C(=O)N2CCCN(CC3CC3)CC2)cc1. The third kappa shape index (κ3) is 4.01. The summed E-state index contributed by atoms with van der Waals surface area (Å²) in [5.74, 6) is 1.90. The molecule has 0 bridgehead atoms. The molecular formula is C18H26N2O2. The maximum absolute atomic E-state index is 12.6. The fraction of sp³-hybridized carbons (Fsp3) is 0.611. The smallest absolute Gasteiger partial charge is 0.253 e. The van der Waals surface area contributed by atoms with E-state index in [0.29, 0.717) is 6.61 Å². The second-order valence-electron chi connectivity index (χ2n) is 6.35. The molecule has 1 saturated carbocycles. The number of carbonyl (C=O) groups excluding carboxylic acids is 1. The maximum atomic E-state index is 12.6. The summed E-state index contributed by atoms with van der Waals surface area (Å²) in [6.07, 6.45) is 3.87. The molecule has 1 saturated heterocycles. The number of rotatable bonds is 5. The van der Waals surface area contributed by atoms with E-state index in [0.717, 1.165) is 49.8 Å².